The third kappa shape index (κ3) is 10.6. The van der Waals surface area contributed by atoms with E-state index in [9.17, 15) is 39.9 Å². The lowest BCUT2D eigenvalue weighted by atomic mass is 9.84. The molecule has 312 valence electrons. The molecular formula is C42H42ClF3N4O6S3. The fourth-order valence-electron chi connectivity index (χ4n) is 6.91. The second-order valence-electron chi connectivity index (χ2n) is 14.0. The summed E-state index contributed by atoms with van der Waals surface area (Å²) in [5.41, 5.74) is 2.94. The zero-order chi connectivity index (χ0) is 42.4. The van der Waals surface area contributed by atoms with E-state index in [-0.39, 0.29) is 24.4 Å². The molecule has 0 saturated carbocycles. The van der Waals surface area contributed by atoms with Gasteiger partial charge in [0.25, 0.3) is 25.8 Å². The SMILES string of the molecule is NCCC(CSc1ccccc1)Nc1ccc(S(=O)(=O)NC(=O)c2ccc(N3CCC([C@@H](O)c4ccccc4-c4ccc(Cl)cc4)CC3)cc2)cc1S(=O)(=O)C(F)(F)F. The van der Waals surface area contributed by atoms with Crippen LogP contribution < -0.4 is 20.7 Å². The maximum atomic E-state index is 13.9. The largest absolute Gasteiger partial charge is 0.501 e. The predicted octanol–water partition coefficient (Wildman–Crippen LogP) is 8.29. The topological polar surface area (TPSA) is 159 Å². The Morgan fingerprint density at radius 2 is 1.53 bits per heavy atom. The third-order valence-electron chi connectivity index (χ3n) is 10.1. The van der Waals surface area contributed by atoms with Gasteiger partial charge in [-0.1, -0.05) is 66.2 Å². The highest BCUT2D eigenvalue weighted by atomic mass is 35.5. The van der Waals surface area contributed by atoms with Crippen molar-refractivity contribution in [1.29, 1.82) is 0 Å². The molecule has 59 heavy (non-hydrogen) atoms. The zero-order valence-corrected chi connectivity index (χ0v) is 34.7. The van der Waals surface area contributed by atoms with Crippen molar-refractivity contribution in [3.05, 3.63) is 137 Å². The summed E-state index contributed by atoms with van der Waals surface area (Å²) >= 11 is 7.46. The number of nitrogens with two attached hydrogens (primary N) is 1. The monoisotopic (exact) mass is 886 g/mol. The summed E-state index contributed by atoms with van der Waals surface area (Å²) in [7, 11) is -10.9. The van der Waals surface area contributed by atoms with Crippen LogP contribution >= 0.6 is 23.4 Å². The Balaban J connectivity index is 1.12. The van der Waals surface area contributed by atoms with Gasteiger partial charge >= 0.3 is 5.51 Å². The number of piperidine rings is 1. The van der Waals surface area contributed by atoms with Gasteiger partial charge in [0, 0.05) is 46.1 Å². The van der Waals surface area contributed by atoms with Crippen molar-refractivity contribution >= 4 is 60.5 Å². The molecule has 0 spiro atoms. The van der Waals surface area contributed by atoms with E-state index in [0.717, 1.165) is 39.4 Å². The van der Waals surface area contributed by atoms with Gasteiger partial charge in [0.15, 0.2) is 0 Å². The number of hydrogen-bond acceptors (Lipinski definition) is 10. The standard InChI is InChI=1S/C42H42ClF3N4O6S3/c43-31-14-10-28(11-15-31)36-8-4-5-9-37(36)40(51)29-21-24-50(25-22-29)33-16-12-30(13-17-33)41(52)49-59(55,56)35-18-19-38(39(26-35)58(53,54)42(44,45)46)48-32(20-23-47)27-57-34-6-2-1-3-7-34/h1-19,26,29,32,40,48,51H,20-25,27,47H2,(H,49,52)/t32?,40-/m1/s1. The number of nitrogens with zero attached hydrogens (tertiary/aromatic N) is 1. The molecule has 6 rings (SSSR count). The van der Waals surface area contributed by atoms with Crippen LogP contribution in [0, 0.1) is 5.92 Å². The molecule has 2 atom stereocenters. The van der Waals surface area contributed by atoms with E-state index in [0.29, 0.717) is 42.8 Å². The highest BCUT2D eigenvalue weighted by Gasteiger charge is 2.48. The van der Waals surface area contributed by atoms with E-state index >= 15 is 0 Å². The number of aliphatic hydroxyl groups excluding tert-OH is 1. The minimum absolute atomic E-state index is 0.0162. The number of nitrogens with one attached hydrogen (secondary N) is 2. The zero-order valence-electron chi connectivity index (χ0n) is 31.5. The molecule has 1 heterocycles. The first-order chi connectivity index (χ1) is 28.1. The Kier molecular flexibility index (Phi) is 14.0. The molecule has 1 saturated heterocycles. The van der Waals surface area contributed by atoms with Crippen LogP contribution in [-0.2, 0) is 19.9 Å². The molecule has 5 aromatic rings. The van der Waals surface area contributed by atoms with Crippen molar-refractivity contribution in [2.45, 2.75) is 51.6 Å². The number of alkyl halides is 3. The van der Waals surface area contributed by atoms with Crippen molar-refractivity contribution in [3.63, 3.8) is 0 Å². The highest BCUT2D eigenvalue weighted by molar-refractivity contribution is 7.99. The fraction of sp³-hybridized carbons (Fsp3) is 0.262. The number of hydrogen-bond donors (Lipinski definition) is 4. The van der Waals surface area contributed by atoms with Gasteiger partial charge in [-0.15, -0.1) is 11.8 Å². The number of carbonyl (C=O) groups is 1. The maximum Gasteiger partial charge on any atom is 0.501 e. The maximum absolute atomic E-state index is 13.9. The van der Waals surface area contributed by atoms with Crippen LogP contribution in [-0.4, -0.2) is 64.8 Å². The van der Waals surface area contributed by atoms with Gasteiger partial charge in [-0.3, -0.25) is 4.79 Å². The van der Waals surface area contributed by atoms with Crippen molar-refractivity contribution in [2.75, 3.05) is 35.6 Å². The number of amides is 1. The summed E-state index contributed by atoms with van der Waals surface area (Å²) in [5.74, 6) is -0.775. The van der Waals surface area contributed by atoms with Gasteiger partial charge in [0.05, 0.1) is 16.7 Å². The molecule has 1 amide bonds. The van der Waals surface area contributed by atoms with Gasteiger partial charge in [-0.2, -0.15) is 13.2 Å². The van der Waals surface area contributed by atoms with E-state index in [1.54, 1.807) is 12.1 Å². The molecule has 0 radical (unpaired) electrons. The summed E-state index contributed by atoms with van der Waals surface area (Å²) in [6.07, 6.45) is 0.920. The second kappa shape index (κ2) is 18.8. The fourth-order valence-corrected chi connectivity index (χ4v) is 10.0. The first-order valence-corrected chi connectivity index (χ1v) is 23.0. The number of aliphatic hydroxyl groups is 1. The van der Waals surface area contributed by atoms with Crippen LogP contribution in [0.25, 0.3) is 11.1 Å². The smallest absolute Gasteiger partial charge is 0.388 e. The Hall–Kier alpha value is -4.58. The minimum Gasteiger partial charge on any atom is -0.388 e. The number of halogens is 4. The summed E-state index contributed by atoms with van der Waals surface area (Å²) in [5, 5.41) is 14.9. The molecule has 0 aromatic heterocycles. The molecule has 5 N–H and O–H groups in total. The summed E-state index contributed by atoms with van der Waals surface area (Å²) in [6, 6.07) is 32.1. The van der Waals surface area contributed by atoms with Gasteiger partial charge < -0.3 is 21.1 Å². The van der Waals surface area contributed by atoms with E-state index < -0.39 is 58.9 Å². The molecule has 1 aliphatic heterocycles. The summed E-state index contributed by atoms with van der Waals surface area (Å²) in [4.78, 5) is 14.0. The van der Waals surface area contributed by atoms with Gasteiger partial charge in [0.2, 0.25) is 0 Å². The van der Waals surface area contributed by atoms with E-state index in [2.05, 4.69) is 10.2 Å². The molecule has 0 bridgehead atoms. The van der Waals surface area contributed by atoms with E-state index in [4.69, 9.17) is 17.3 Å². The van der Waals surface area contributed by atoms with Crippen molar-refractivity contribution in [3.8, 4) is 11.1 Å². The molecule has 17 heteroatoms. The normalized spacial score (nSPS) is 15.1. The first kappa shape index (κ1) is 44.0. The Morgan fingerprint density at radius 1 is 0.881 bits per heavy atom. The van der Waals surface area contributed by atoms with E-state index in [1.807, 2.05) is 83.6 Å². The number of thioether (sulfide) groups is 1. The van der Waals surface area contributed by atoms with Crippen LogP contribution in [0.2, 0.25) is 5.02 Å². The third-order valence-corrected chi connectivity index (χ3v) is 14.4. The molecule has 10 nitrogen and oxygen atoms in total. The van der Waals surface area contributed by atoms with Gasteiger partial charge in [0.1, 0.15) is 4.90 Å². The molecule has 1 unspecified atom stereocenters. The van der Waals surface area contributed by atoms with Gasteiger partial charge in [-0.05, 0) is 115 Å². The number of sulfonamides is 1. The van der Waals surface area contributed by atoms with Crippen LogP contribution in [0.4, 0.5) is 24.5 Å². The number of anilines is 2. The van der Waals surface area contributed by atoms with Gasteiger partial charge in [-0.25, -0.2) is 21.6 Å². The lowest BCUT2D eigenvalue weighted by Gasteiger charge is -2.36. The summed E-state index contributed by atoms with van der Waals surface area (Å²) < 4.78 is 95.9. The predicted molar refractivity (Wildman–Crippen MR) is 226 cm³/mol. The second-order valence-corrected chi connectivity index (χ2v) is 19.1. The Labute approximate surface area is 350 Å². The lowest BCUT2D eigenvalue weighted by molar-refractivity contribution is -0.0435. The Morgan fingerprint density at radius 3 is 2.17 bits per heavy atom. The van der Waals surface area contributed by atoms with Crippen molar-refractivity contribution in [1.82, 2.24) is 4.72 Å². The number of rotatable bonds is 15. The van der Waals surface area contributed by atoms with Crippen molar-refractivity contribution in [2.24, 2.45) is 11.7 Å². The first-order valence-electron chi connectivity index (χ1n) is 18.6. The summed E-state index contributed by atoms with van der Waals surface area (Å²) in [6.45, 7) is 1.35. The van der Waals surface area contributed by atoms with Crippen LogP contribution in [0.5, 0.6) is 0 Å². The van der Waals surface area contributed by atoms with Crippen LogP contribution in [0.1, 0.15) is 41.3 Å². The van der Waals surface area contributed by atoms with Crippen molar-refractivity contribution < 1.29 is 39.9 Å². The molecule has 5 aromatic carbocycles. The lowest BCUT2D eigenvalue weighted by Crippen LogP contribution is -2.36. The quantitative estimate of drug-likeness (QED) is 0.0754. The highest BCUT2D eigenvalue weighted by Crippen LogP contribution is 2.39. The molecular weight excluding hydrogens is 845 g/mol. The average molecular weight is 887 g/mol. The molecule has 1 aliphatic rings. The number of carbonyl (C=O) groups excluding carboxylic acids is 1. The van der Waals surface area contributed by atoms with E-state index in [1.165, 1.54) is 23.9 Å². The molecule has 1 fully saturated rings. The average Bonchev–Trinajstić information content (AvgIpc) is 3.23. The number of sulfone groups is 1. The van der Waals surface area contributed by atoms with Crippen LogP contribution in [0.15, 0.2) is 136 Å². The minimum atomic E-state index is -6.05. The molecule has 0 aliphatic carbocycles. The number of benzene rings is 5. The van der Waals surface area contributed by atoms with Crippen LogP contribution in [0.3, 0.4) is 0 Å². The Bertz CT molecular complexity index is 2450.